The number of ether oxygens (including phenoxy) is 1. The highest BCUT2D eigenvalue weighted by Gasteiger charge is 2.43. The molecule has 0 aromatic heterocycles. The zero-order valence-corrected chi connectivity index (χ0v) is 11.9. The predicted molar refractivity (Wildman–Crippen MR) is 72.9 cm³/mol. The lowest BCUT2D eigenvalue weighted by atomic mass is 10.1. The molecule has 1 N–H and O–H groups in total. The van der Waals surface area contributed by atoms with E-state index in [-0.39, 0.29) is 22.9 Å². The maximum Gasteiger partial charge on any atom is 0.310 e. The lowest BCUT2D eigenvalue weighted by molar-refractivity contribution is -0.385. The van der Waals surface area contributed by atoms with E-state index in [0.29, 0.717) is 10.9 Å². The minimum Gasteiger partial charge on any atom is -0.490 e. The first kappa shape index (κ1) is 13.8. The van der Waals surface area contributed by atoms with Crippen molar-refractivity contribution in [3.63, 3.8) is 0 Å². The van der Waals surface area contributed by atoms with Crippen molar-refractivity contribution in [3.05, 3.63) is 33.9 Å². The van der Waals surface area contributed by atoms with Crippen molar-refractivity contribution in [2.75, 3.05) is 12.4 Å². The van der Waals surface area contributed by atoms with Crippen LogP contribution in [0.25, 0.3) is 0 Å². The largest absolute Gasteiger partial charge is 0.490 e. The molecular formula is C12H13BrN2O4. The predicted octanol–water partition coefficient (Wildman–Crippen LogP) is 2.26. The number of methoxy groups -OCH3 is 1. The van der Waals surface area contributed by atoms with Crippen molar-refractivity contribution in [2.24, 2.45) is 0 Å². The fourth-order valence-corrected chi connectivity index (χ4v) is 2.43. The van der Waals surface area contributed by atoms with Gasteiger partial charge < -0.3 is 10.1 Å². The highest BCUT2D eigenvalue weighted by Crippen LogP contribution is 2.37. The van der Waals surface area contributed by atoms with Gasteiger partial charge in [0.15, 0.2) is 5.75 Å². The van der Waals surface area contributed by atoms with Gasteiger partial charge in [0.05, 0.1) is 17.6 Å². The fourth-order valence-electron chi connectivity index (χ4n) is 1.73. The number of alkyl halides is 1. The van der Waals surface area contributed by atoms with Crippen LogP contribution in [0.3, 0.4) is 0 Å². The van der Waals surface area contributed by atoms with Crippen molar-refractivity contribution in [3.8, 4) is 5.75 Å². The number of nitro groups is 1. The van der Waals surface area contributed by atoms with E-state index in [1.54, 1.807) is 0 Å². The first-order valence-electron chi connectivity index (χ1n) is 5.72. The second kappa shape index (κ2) is 5.16. The molecule has 2 rings (SSSR count). The maximum atomic E-state index is 12.1. The van der Waals surface area contributed by atoms with Gasteiger partial charge in [0.1, 0.15) is 0 Å². The second-order valence-electron chi connectivity index (χ2n) is 4.51. The third kappa shape index (κ3) is 2.86. The molecule has 102 valence electrons. The average molecular weight is 329 g/mol. The summed E-state index contributed by atoms with van der Waals surface area (Å²) in [5.74, 6) is -0.161. The molecule has 0 aliphatic heterocycles. The van der Waals surface area contributed by atoms with E-state index in [1.165, 1.54) is 25.3 Å². The number of rotatable bonds is 5. The molecule has 1 aromatic carbocycles. The molecule has 0 saturated heterocycles. The van der Waals surface area contributed by atoms with Gasteiger partial charge in [-0.25, -0.2) is 0 Å². The topological polar surface area (TPSA) is 81.5 Å². The Kier molecular flexibility index (Phi) is 3.75. The van der Waals surface area contributed by atoms with Gasteiger partial charge in [-0.1, -0.05) is 15.9 Å². The number of carbonyl (C=O) groups excluding carboxylic acids is 1. The minimum atomic E-state index is -0.540. The molecule has 1 aromatic rings. The fraction of sp³-hybridized carbons (Fsp3) is 0.417. The maximum absolute atomic E-state index is 12.1. The number of carbonyl (C=O) groups is 1. The first-order valence-corrected chi connectivity index (χ1v) is 6.84. The number of benzene rings is 1. The standard InChI is InChI=1S/C12H13BrN2O4/c1-19-10-6-8(2-3-9(10)15(17)18)11(16)14-12(7-13)4-5-12/h2-3,6H,4-5,7H2,1H3,(H,14,16). The van der Waals surface area contributed by atoms with Gasteiger partial charge in [-0.15, -0.1) is 0 Å². The number of nitrogens with zero attached hydrogens (tertiary/aromatic N) is 1. The minimum absolute atomic E-state index is 0.0846. The zero-order valence-electron chi connectivity index (χ0n) is 10.3. The number of nitrogens with one attached hydrogen (secondary N) is 1. The molecule has 1 aliphatic rings. The summed E-state index contributed by atoms with van der Waals surface area (Å²) in [4.78, 5) is 22.3. The summed E-state index contributed by atoms with van der Waals surface area (Å²) in [5.41, 5.74) is 0.0434. The van der Waals surface area contributed by atoms with Crippen molar-refractivity contribution in [1.82, 2.24) is 5.32 Å². The molecule has 0 spiro atoms. The van der Waals surface area contributed by atoms with Crippen molar-refractivity contribution in [1.29, 1.82) is 0 Å². The number of halogens is 1. The summed E-state index contributed by atoms with van der Waals surface area (Å²) in [6.07, 6.45) is 1.88. The van der Waals surface area contributed by atoms with Crippen molar-refractivity contribution >= 4 is 27.5 Å². The molecule has 0 atom stereocenters. The lowest BCUT2D eigenvalue weighted by Gasteiger charge is -2.14. The van der Waals surface area contributed by atoms with E-state index in [4.69, 9.17) is 4.74 Å². The SMILES string of the molecule is COc1cc(C(=O)NC2(CBr)CC2)ccc1[N+](=O)[O-]. The van der Waals surface area contributed by atoms with Crippen molar-refractivity contribution in [2.45, 2.75) is 18.4 Å². The van der Waals surface area contributed by atoms with Crippen LogP contribution >= 0.6 is 15.9 Å². The molecular weight excluding hydrogens is 316 g/mol. The van der Waals surface area contributed by atoms with E-state index in [9.17, 15) is 14.9 Å². The average Bonchev–Trinajstić information content (AvgIpc) is 3.18. The molecule has 0 heterocycles. The highest BCUT2D eigenvalue weighted by molar-refractivity contribution is 9.09. The Balaban J connectivity index is 2.21. The first-order chi connectivity index (χ1) is 9.01. The Bertz CT molecular complexity index is 528. The molecule has 0 radical (unpaired) electrons. The Labute approximate surface area is 118 Å². The van der Waals surface area contributed by atoms with E-state index >= 15 is 0 Å². The number of hydrogen-bond acceptors (Lipinski definition) is 4. The molecule has 0 unspecified atom stereocenters. The lowest BCUT2D eigenvalue weighted by Crippen LogP contribution is -2.38. The molecule has 6 nitrogen and oxygen atoms in total. The third-order valence-corrected chi connectivity index (χ3v) is 4.20. The normalized spacial score (nSPS) is 15.7. The number of nitro benzene ring substituents is 1. The second-order valence-corrected chi connectivity index (χ2v) is 5.07. The number of amides is 1. The van der Waals surface area contributed by atoms with E-state index in [0.717, 1.165) is 12.8 Å². The van der Waals surface area contributed by atoms with Gasteiger partial charge in [0.2, 0.25) is 0 Å². The van der Waals surface area contributed by atoms with Crippen LogP contribution < -0.4 is 10.1 Å². The summed E-state index contributed by atoms with van der Waals surface area (Å²) >= 11 is 3.36. The highest BCUT2D eigenvalue weighted by atomic mass is 79.9. The van der Waals surface area contributed by atoms with Gasteiger partial charge in [-0.05, 0) is 18.9 Å². The monoisotopic (exact) mass is 328 g/mol. The van der Waals surface area contributed by atoms with Crippen molar-refractivity contribution < 1.29 is 14.5 Å². The summed E-state index contributed by atoms with van der Waals surface area (Å²) in [6.45, 7) is 0. The zero-order chi connectivity index (χ0) is 14.0. The van der Waals surface area contributed by atoms with Gasteiger partial charge in [-0.2, -0.15) is 0 Å². The Hall–Kier alpha value is -1.63. The van der Waals surface area contributed by atoms with E-state index < -0.39 is 4.92 Å². The van der Waals surface area contributed by atoms with Crippen LogP contribution in [0.5, 0.6) is 5.75 Å². The number of hydrogen-bond donors (Lipinski definition) is 1. The Morgan fingerprint density at radius 1 is 1.58 bits per heavy atom. The van der Waals surface area contributed by atoms with Gasteiger partial charge in [0, 0.05) is 23.0 Å². The van der Waals surface area contributed by atoms with Crippen LogP contribution in [0.2, 0.25) is 0 Å². The van der Waals surface area contributed by atoms with E-state index in [1.807, 2.05) is 0 Å². The summed E-state index contributed by atoms with van der Waals surface area (Å²) in [5, 5.41) is 14.4. The van der Waals surface area contributed by atoms with Gasteiger partial charge in [0.25, 0.3) is 5.91 Å². The molecule has 1 fully saturated rings. The Morgan fingerprint density at radius 3 is 2.74 bits per heavy atom. The summed E-state index contributed by atoms with van der Waals surface area (Å²) in [7, 11) is 1.34. The molecule has 1 saturated carbocycles. The van der Waals surface area contributed by atoms with Crippen LogP contribution in [0.1, 0.15) is 23.2 Å². The Morgan fingerprint density at radius 2 is 2.26 bits per heavy atom. The van der Waals surface area contributed by atoms with Crippen LogP contribution in [0, 0.1) is 10.1 Å². The molecule has 0 bridgehead atoms. The molecule has 7 heteroatoms. The van der Waals surface area contributed by atoms with Crippen LogP contribution in [-0.4, -0.2) is 28.8 Å². The van der Waals surface area contributed by atoms with Gasteiger partial charge in [-0.3, -0.25) is 14.9 Å². The van der Waals surface area contributed by atoms with Gasteiger partial charge >= 0.3 is 5.69 Å². The molecule has 1 amide bonds. The third-order valence-electron chi connectivity index (χ3n) is 3.13. The van der Waals surface area contributed by atoms with Crippen LogP contribution in [0.4, 0.5) is 5.69 Å². The quantitative estimate of drug-likeness (QED) is 0.510. The smallest absolute Gasteiger partial charge is 0.310 e. The summed E-state index contributed by atoms with van der Waals surface area (Å²) < 4.78 is 4.94. The van der Waals surface area contributed by atoms with Crippen LogP contribution in [-0.2, 0) is 0 Å². The van der Waals surface area contributed by atoms with Crippen LogP contribution in [0.15, 0.2) is 18.2 Å². The van der Waals surface area contributed by atoms with E-state index in [2.05, 4.69) is 21.2 Å². The molecule has 1 aliphatic carbocycles. The molecule has 19 heavy (non-hydrogen) atoms. The summed E-state index contributed by atoms with van der Waals surface area (Å²) in [6, 6.07) is 4.10.